The molecule has 0 aliphatic rings. The molecule has 160 valence electrons. The van der Waals surface area contributed by atoms with Gasteiger partial charge in [-0.15, -0.1) is 21.5 Å². The van der Waals surface area contributed by atoms with Gasteiger partial charge >= 0.3 is 0 Å². The number of nitrogens with zero attached hydrogens (tertiary/aromatic N) is 4. The van der Waals surface area contributed by atoms with Gasteiger partial charge < -0.3 is 19.4 Å². The molecule has 2 aromatic heterocycles. The fourth-order valence-electron chi connectivity index (χ4n) is 2.77. The molecule has 30 heavy (non-hydrogen) atoms. The van der Waals surface area contributed by atoms with E-state index in [0.717, 1.165) is 5.75 Å². The topological polar surface area (TPSA) is 91.2 Å². The average molecular weight is 448 g/mol. The molecule has 8 nitrogen and oxygen atoms in total. The summed E-state index contributed by atoms with van der Waals surface area (Å²) in [4.78, 5) is 16.6. The summed E-state index contributed by atoms with van der Waals surface area (Å²) >= 11 is 2.74. The molecule has 0 saturated carbocycles. The summed E-state index contributed by atoms with van der Waals surface area (Å²) in [5.74, 6) is 1.98. The fraction of sp³-hybridized carbons (Fsp3) is 0.400. The first-order valence-corrected chi connectivity index (χ1v) is 11.3. The van der Waals surface area contributed by atoms with Gasteiger partial charge in [0, 0.05) is 23.7 Å². The zero-order valence-corrected chi connectivity index (χ0v) is 19.2. The molecule has 2 unspecified atom stereocenters. The van der Waals surface area contributed by atoms with Gasteiger partial charge in [-0.1, -0.05) is 17.8 Å². The minimum atomic E-state index is -0.363. The number of rotatable bonds is 9. The summed E-state index contributed by atoms with van der Waals surface area (Å²) < 4.78 is 13.3. The van der Waals surface area contributed by atoms with Gasteiger partial charge in [0.1, 0.15) is 11.5 Å². The van der Waals surface area contributed by atoms with Crippen molar-refractivity contribution in [1.29, 1.82) is 0 Å². The van der Waals surface area contributed by atoms with E-state index in [0.29, 0.717) is 21.9 Å². The lowest BCUT2D eigenvalue weighted by atomic mass is 10.3. The maximum Gasteiger partial charge on any atom is 0.239 e. The van der Waals surface area contributed by atoms with Crippen LogP contribution in [0.4, 0.5) is 5.13 Å². The maximum absolute atomic E-state index is 12.5. The highest BCUT2D eigenvalue weighted by Crippen LogP contribution is 2.31. The van der Waals surface area contributed by atoms with E-state index < -0.39 is 0 Å². The third-order valence-corrected chi connectivity index (χ3v) is 5.98. The number of aromatic nitrogens is 4. The third-order valence-electron chi connectivity index (χ3n) is 4.24. The van der Waals surface area contributed by atoms with Crippen molar-refractivity contribution in [2.75, 3.05) is 12.4 Å². The van der Waals surface area contributed by atoms with Crippen molar-refractivity contribution in [2.24, 2.45) is 0 Å². The third kappa shape index (κ3) is 5.31. The standard InChI is InChI=1S/C20H25N5O3S2/c1-12(2)25-17(13(3)28-16-8-6-7-15(11-16)27-5)23-24-20(25)30-14(4)18(26)22-19-21-9-10-29-19/h6-14H,1-5H3,(H,21,22,26). The van der Waals surface area contributed by atoms with Crippen LogP contribution in [0, 0.1) is 0 Å². The second kappa shape index (κ2) is 9.94. The maximum atomic E-state index is 12.5. The molecule has 1 amide bonds. The quantitative estimate of drug-likeness (QED) is 0.480. The molecule has 0 spiro atoms. The summed E-state index contributed by atoms with van der Waals surface area (Å²) in [6.45, 7) is 7.86. The molecule has 3 aromatic rings. The normalized spacial score (nSPS) is 13.1. The van der Waals surface area contributed by atoms with Gasteiger partial charge in [-0.3, -0.25) is 4.79 Å². The Kier molecular flexibility index (Phi) is 7.33. The van der Waals surface area contributed by atoms with Gasteiger partial charge in [0.2, 0.25) is 5.91 Å². The molecule has 1 N–H and O–H groups in total. The monoisotopic (exact) mass is 447 g/mol. The van der Waals surface area contributed by atoms with Crippen molar-refractivity contribution < 1.29 is 14.3 Å². The Labute approximate surface area is 184 Å². The van der Waals surface area contributed by atoms with E-state index in [9.17, 15) is 4.79 Å². The van der Waals surface area contributed by atoms with Gasteiger partial charge in [0.05, 0.1) is 12.4 Å². The molecular weight excluding hydrogens is 422 g/mol. The molecular formula is C20H25N5O3S2. The number of thioether (sulfide) groups is 1. The molecule has 2 atom stereocenters. The number of nitrogens with one attached hydrogen (secondary N) is 1. The van der Waals surface area contributed by atoms with E-state index >= 15 is 0 Å². The van der Waals surface area contributed by atoms with Gasteiger partial charge in [-0.05, 0) is 39.8 Å². The smallest absolute Gasteiger partial charge is 0.239 e. The number of carbonyl (C=O) groups excluding carboxylic acids is 1. The predicted molar refractivity (Wildman–Crippen MR) is 119 cm³/mol. The number of thiazole rings is 1. The lowest BCUT2D eigenvalue weighted by Crippen LogP contribution is -2.23. The zero-order chi connectivity index (χ0) is 21.7. The summed E-state index contributed by atoms with van der Waals surface area (Å²) in [6, 6.07) is 7.53. The van der Waals surface area contributed by atoms with Crippen molar-refractivity contribution in [3.8, 4) is 11.5 Å². The number of amides is 1. The van der Waals surface area contributed by atoms with E-state index in [1.807, 2.05) is 48.1 Å². The van der Waals surface area contributed by atoms with Crippen LogP contribution in [0.2, 0.25) is 0 Å². The summed E-state index contributed by atoms with van der Waals surface area (Å²) in [5, 5.41) is 14.2. The Morgan fingerprint density at radius 1 is 1.20 bits per heavy atom. The molecule has 1 aromatic carbocycles. The number of carbonyl (C=O) groups is 1. The molecule has 0 radical (unpaired) electrons. The second-order valence-electron chi connectivity index (χ2n) is 6.83. The number of hydrogen-bond acceptors (Lipinski definition) is 8. The Morgan fingerprint density at radius 2 is 1.97 bits per heavy atom. The zero-order valence-electron chi connectivity index (χ0n) is 17.5. The Morgan fingerprint density at radius 3 is 2.63 bits per heavy atom. The molecule has 0 aliphatic carbocycles. The Bertz CT molecular complexity index is 975. The minimum Gasteiger partial charge on any atom is -0.497 e. The highest BCUT2D eigenvalue weighted by atomic mass is 32.2. The lowest BCUT2D eigenvalue weighted by molar-refractivity contribution is -0.115. The number of anilines is 1. The predicted octanol–water partition coefficient (Wildman–Crippen LogP) is 4.58. The van der Waals surface area contributed by atoms with Gasteiger partial charge in [-0.2, -0.15) is 0 Å². The van der Waals surface area contributed by atoms with Crippen LogP contribution in [0.3, 0.4) is 0 Å². The van der Waals surface area contributed by atoms with Gasteiger partial charge in [0.25, 0.3) is 0 Å². The molecule has 0 aliphatic heterocycles. The van der Waals surface area contributed by atoms with Crippen molar-refractivity contribution in [2.45, 2.75) is 50.2 Å². The van der Waals surface area contributed by atoms with E-state index in [1.54, 1.807) is 13.3 Å². The van der Waals surface area contributed by atoms with E-state index in [2.05, 4.69) is 34.3 Å². The van der Waals surface area contributed by atoms with Crippen LogP contribution in [0.5, 0.6) is 11.5 Å². The number of benzene rings is 1. The molecule has 2 heterocycles. The van der Waals surface area contributed by atoms with Crippen molar-refractivity contribution in [3.63, 3.8) is 0 Å². The van der Waals surface area contributed by atoms with E-state index in [4.69, 9.17) is 9.47 Å². The van der Waals surface area contributed by atoms with Crippen LogP contribution in [0.15, 0.2) is 41.0 Å². The number of hydrogen-bond donors (Lipinski definition) is 1. The summed E-state index contributed by atoms with van der Waals surface area (Å²) in [6.07, 6.45) is 1.32. The molecule has 0 bridgehead atoms. The Balaban J connectivity index is 1.74. The number of ether oxygens (including phenoxy) is 2. The Hall–Kier alpha value is -2.59. The average Bonchev–Trinajstić information content (AvgIpc) is 3.37. The highest BCUT2D eigenvalue weighted by Gasteiger charge is 2.25. The van der Waals surface area contributed by atoms with Crippen molar-refractivity contribution >= 4 is 34.1 Å². The summed E-state index contributed by atoms with van der Waals surface area (Å²) in [7, 11) is 1.62. The lowest BCUT2D eigenvalue weighted by Gasteiger charge is -2.19. The number of methoxy groups -OCH3 is 1. The second-order valence-corrected chi connectivity index (χ2v) is 9.03. The van der Waals surface area contributed by atoms with Crippen LogP contribution in [0.25, 0.3) is 0 Å². The summed E-state index contributed by atoms with van der Waals surface area (Å²) in [5.41, 5.74) is 0. The van der Waals surface area contributed by atoms with Gasteiger partial charge in [-0.25, -0.2) is 4.98 Å². The minimum absolute atomic E-state index is 0.100. The van der Waals surface area contributed by atoms with Crippen LogP contribution in [-0.4, -0.2) is 38.0 Å². The molecule has 10 heteroatoms. The van der Waals surface area contributed by atoms with Gasteiger partial charge in [0.15, 0.2) is 22.2 Å². The van der Waals surface area contributed by atoms with Crippen molar-refractivity contribution in [3.05, 3.63) is 41.7 Å². The van der Waals surface area contributed by atoms with Crippen LogP contribution >= 0.6 is 23.1 Å². The first kappa shape index (κ1) is 22.1. The van der Waals surface area contributed by atoms with E-state index in [-0.39, 0.29) is 23.3 Å². The van der Waals surface area contributed by atoms with Crippen molar-refractivity contribution in [1.82, 2.24) is 19.7 Å². The first-order valence-electron chi connectivity index (χ1n) is 9.51. The molecule has 0 fully saturated rings. The van der Waals surface area contributed by atoms with Crippen LogP contribution in [0.1, 0.15) is 45.7 Å². The van der Waals surface area contributed by atoms with Crippen LogP contribution < -0.4 is 14.8 Å². The molecule has 0 saturated heterocycles. The first-order chi connectivity index (χ1) is 14.4. The van der Waals surface area contributed by atoms with E-state index in [1.165, 1.54) is 23.1 Å². The highest BCUT2D eigenvalue weighted by molar-refractivity contribution is 8.00. The SMILES string of the molecule is COc1cccc(OC(C)c2nnc(SC(C)C(=O)Nc3nccs3)n2C(C)C)c1. The largest absolute Gasteiger partial charge is 0.497 e. The van der Waals surface area contributed by atoms with Crippen LogP contribution in [-0.2, 0) is 4.79 Å². The molecule has 3 rings (SSSR count). The fourth-order valence-corrected chi connectivity index (χ4v) is 4.29.